The molecule has 0 aromatic heterocycles. The largest absolute Gasteiger partial charge is 0.511 e. The topological polar surface area (TPSA) is 61.8 Å². The van der Waals surface area contributed by atoms with Crippen molar-refractivity contribution in [3.63, 3.8) is 0 Å². The Kier molecular flexibility index (Phi) is 5.52. The van der Waals surface area contributed by atoms with E-state index in [1.54, 1.807) is 0 Å². The molecule has 1 fully saturated rings. The number of hydrogen-bond acceptors (Lipinski definition) is 5. The van der Waals surface area contributed by atoms with E-state index in [0.29, 0.717) is 5.92 Å². The van der Waals surface area contributed by atoms with Gasteiger partial charge in [-0.2, -0.15) is 0 Å². The van der Waals surface area contributed by atoms with Crippen molar-refractivity contribution < 1.29 is 23.8 Å². The molecule has 0 bridgehead atoms. The molecule has 1 saturated carbocycles. The fourth-order valence-electron chi connectivity index (χ4n) is 1.71. The van der Waals surface area contributed by atoms with Crippen molar-refractivity contribution in [2.24, 2.45) is 5.92 Å². The Hall–Kier alpha value is -1.52. The van der Waals surface area contributed by atoms with E-state index in [1.165, 1.54) is 0 Å². The van der Waals surface area contributed by atoms with Gasteiger partial charge in [0, 0.05) is 6.08 Å². The number of carbonyl (C=O) groups excluding carboxylic acids is 2. The predicted molar refractivity (Wildman–Crippen MR) is 60.1 cm³/mol. The highest BCUT2D eigenvalue weighted by Crippen LogP contribution is 2.25. The van der Waals surface area contributed by atoms with Crippen LogP contribution in [0.15, 0.2) is 12.7 Å². The Morgan fingerprint density at radius 2 is 1.88 bits per heavy atom. The lowest BCUT2D eigenvalue weighted by atomic mass is 9.89. The molecule has 0 spiro atoms. The lowest BCUT2D eigenvalue weighted by molar-refractivity contribution is -0.147. The smallest absolute Gasteiger partial charge is 0.431 e. The molecule has 17 heavy (non-hydrogen) atoms. The fraction of sp³-hybridized carbons (Fsp3) is 0.667. The zero-order valence-corrected chi connectivity index (χ0v) is 10.0. The first-order chi connectivity index (χ1) is 8.11. The van der Waals surface area contributed by atoms with Crippen LogP contribution >= 0.6 is 0 Å². The van der Waals surface area contributed by atoms with Crippen molar-refractivity contribution in [1.82, 2.24) is 0 Å². The summed E-state index contributed by atoms with van der Waals surface area (Å²) in [6.07, 6.45) is 3.98. The maximum absolute atomic E-state index is 11.2. The van der Waals surface area contributed by atoms with Crippen molar-refractivity contribution >= 4 is 12.1 Å². The van der Waals surface area contributed by atoms with Gasteiger partial charge in [0.1, 0.15) is 6.10 Å². The minimum Gasteiger partial charge on any atom is -0.431 e. The molecule has 0 unspecified atom stereocenters. The summed E-state index contributed by atoms with van der Waals surface area (Å²) in [6, 6.07) is 0. The molecule has 0 N–H and O–H groups in total. The van der Waals surface area contributed by atoms with Crippen molar-refractivity contribution in [2.45, 2.75) is 38.7 Å². The summed E-state index contributed by atoms with van der Waals surface area (Å²) in [4.78, 5) is 21.8. The summed E-state index contributed by atoms with van der Waals surface area (Å²) < 4.78 is 14.2. The summed E-state index contributed by atoms with van der Waals surface area (Å²) in [7, 11) is 0. The van der Waals surface area contributed by atoms with Gasteiger partial charge >= 0.3 is 12.1 Å². The second-order valence-corrected chi connectivity index (χ2v) is 4.18. The van der Waals surface area contributed by atoms with E-state index in [1.807, 2.05) is 0 Å². The lowest BCUT2D eigenvalue weighted by Crippen LogP contribution is -2.24. The fourth-order valence-corrected chi connectivity index (χ4v) is 1.71. The summed E-state index contributed by atoms with van der Waals surface area (Å²) in [5, 5.41) is 0. The third-order valence-corrected chi connectivity index (χ3v) is 2.77. The van der Waals surface area contributed by atoms with Crippen LogP contribution in [0.5, 0.6) is 0 Å². The van der Waals surface area contributed by atoms with E-state index < -0.39 is 18.9 Å². The molecule has 0 amide bonds. The van der Waals surface area contributed by atoms with Crippen LogP contribution in [0.4, 0.5) is 4.79 Å². The minimum absolute atomic E-state index is 0.0752. The average Bonchev–Trinajstić information content (AvgIpc) is 2.32. The quantitative estimate of drug-likeness (QED) is 0.430. The lowest BCUT2D eigenvalue weighted by Gasteiger charge is -2.25. The van der Waals surface area contributed by atoms with E-state index in [0.717, 1.165) is 31.8 Å². The maximum Gasteiger partial charge on any atom is 0.511 e. The van der Waals surface area contributed by atoms with Crippen LogP contribution in [0, 0.1) is 5.92 Å². The first kappa shape index (κ1) is 13.5. The number of esters is 1. The van der Waals surface area contributed by atoms with E-state index in [4.69, 9.17) is 4.74 Å². The van der Waals surface area contributed by atoms with Gasteiger partial charge in [0.05, 0.1) is 0 Å². The van der Waals surface area contributed by atoms with E-state index >= 15 is 0 Å². The molecule has 1 aliphatic carbocycles. The molecule has 0 aromatic rings. The summed E-state index contributed by atoms with van der Waals surface area (Å²) >= 11 is 0. The third-order valence-electron chi connectivity index (χ3n) is 2.77. The van der Waals surface area contributed by atoms with Crippen molar-refractivity contribution in [2.75, 3.05) is 6.79 Å². The zero-order chi connectivity index (χ0) is 12.7. The second kappa shape index (κ2) is 6.93. The Morgan fingerprint density at radius 1 is 1.24 bits per heavy atom. The highest BCUT2D eigenvalue weighted by atomic mass is 16.8. The number of rotatable bonds is 4. The summed E-state index contributed by atoms with van der Waals surface area (Å²) in [6.45, 7) is 4.96. The van der Waals surface area contributed by atoms with E-state index in [2.05, 4.69) is 23.0 Å². The van der Waals surface area contributed by atoms with Crippen LogP contribution in [-0.4, -0.2) is 25.0 Å². The van der Waals surface area contributed by atoms with Crippen LogP contribution < -0.4 is 0 Å². The first-order valence-corrected chi connectivity index (χ1v) is 5.74. The van der Waals surface area contributed by atoms with Gasteiger partial charge in [-0.1, -0.05) is 13.5 Å². The molecule has 0 atom stereocenters. The monoisotopic (exact) mass is 242 g/mol. The van der Waals surface area contributed by atoms with Gasteiger partial charge in [-0.3, -0.25) is 0 Å². The molecule has 5 heteroatoms. The Morgan fingerprint density at radius 3 is 2.47 bits per heavy atom. The van der Waals surface area contributed by atoms with Crippen LogP contribution in [0.1, 0.15) is 32.6 Å². The van der Waals surface area contributed by atoms with Gasteiger partial charge in [0.2, 0.25) is 6.79 Å². The number of carbonyl (C=O) groups is 2. The van der Waals surface area contributed by atoms with Gasteiger partial charge in [-0.15, -0.1) is 0 Å². The van der Waals surface area contributed by atoms with Crippen LogP contribution in [0.2, 0.25) is 0 Å². The van der Waals surface area contributed by atoms with Crippen molar-refractivity contribution in [3.05, 3.63) is 12.7 Å². The predicted octanol–water partition coefficient (Wildman–Crippen LogP) is 2.41. The third kappa shape index (κ3) is 5.38. The van der Waals surface area contributed by atoms with E-state index in [-0.39, 0.29) is 6.10 Å². The normalized spacial score (nSPS) is 23.6. The minimum atomic E-state index is -0.790. The molecule has 1 rings (SSSR count). The van der Waals surface area contributed by atoms with Crippen LogP contribution in [-0.2, 0) is 19.0 Å². The summed E-state index contributed by atoms with van der Waals surface area (Å²) in [5.41, 5.74) is 0. The summed E-state index contributed by atoms with van der Waals surface area (Å²) in [5.74, 6) is 0.0590. The molecular weight excluding hydrogens is 224 g/mol. The highest BCUT2D eigenvalue weighted by molar-refractivity contribution is 5.81. The SMILES string of the molecule is C=CC(=O)OCOC(=O)OC1CCC(C)CC1. The van der Waals surface area contributed by atoms with Gasteiger partial charge in [0.15, 0.2) is 0 Å². The van der Waals surface area contributed by atoms with Crippen LogP contribution in [0.3, 0.4) is 0 Å². The molecule has 0 aliphatic heterocycles. The average molecular weight is 242 g/mol. The van der Waals surface area contributed by atoms with Gasteiger partial charge < -0.3 is 14.2 Å². The molecule has 96 valence electrons. The number of ether oxygens (including phenoxy) is 3. The second-order valence-electron chi connectivity index (χ2n) is 4.18. The molecule has 5 nitrogen and oxygen atoms in total. The van der Waals surface area contributed by atoms with Crippen molar-refractivity contribution in [3.8, 4) is 0 Å². The molecule has 0 saturated heterocycles. The standard InChI is InChI=1S/C12H18O5/c1-3-11(13)15-8-16-12(14)17-10-6-4-9(2)5-7-10/h3,9-10H,1,4-8H2,2H3. The van der Waals surface area contributed by atoms with E-state index in [9.17, 15) is 9.59 Å². The van der Waals surface area contributed by atoms with Gasteiger partial charge in [0.25, 0.3) is 0 Å². The van der Waals surface area contributed by atoms with Gasteiger partial charge in [-0.05, 0) is 31.6 Å². The molecule has 0 heterocycles. The number of hydrogen-bond donors (Lipinski definition) is 0. The molecule has 1 aliphatic rings. The Bertz CT molecular complexity index is 279. The first-order valence-electron chi connectivity index (χ1n) is 5.74. The molecular formula is C12H18O5. The van der Waals surface area contributed by atoms with Crippen LogP contribution in [0.25, 0.3) is 0 Å². The Labute approximate surface area is 101 Å². The maximum atomic E-state index is 11.2. The highest BCUT2D eigenvalue weighted by Gasteiger charge is 2.22. The molecule has 0 radical (unpaired) electrons. The zero-order valence-electron chi connectivity index (χ0n) is 10.0. The van der Waals surface area contributed by atoms with Crippen molar-refractivity contribution in [1.29, 1.82) is 0 Å². The molecule has 0 aromatic carbocycles. The van der Waals surface area contributed by atoms with Gasteiger partial charge in [-0.25, -0.2) is 9.59 Å². The Balaban J connectivity index is 2.12.